The van der Waals surface area contributed by atoms with Crippen LogP contribution in [0, 0.1) is 0 Å². The number of carbonyl (C=O) groups excluding carboxylic acids is 2. The number of esters is 2. The van der Waals surface area contributed by atoms with Crippen molar-refractivity contribution in [1.82, 2.24) is 0 Å². The molecule has 14 aromatic rings. The molecule has 0 aliphatic carbocycles. The number of benzene rings is 14. The fourth-order valence-corrected chi connectivity index (χ4v) is 11.9. The van der Waals surface area contributed by atoms with Crippen molar-refractivity contribution in [2.75, 3.05) is 14.2 Å². The molecule has 14 rings (SSSR count). The third-order valence-corrected chi connectivity index (χ3v) is 15.4. The van der Waals surface area contributed by atoms with E-state index in [0.717, 1.165) is 109 Å². The highest BCUT2D eigenvalue weighted by Crippen LogP contribution is 2.58. The molecule has 0 radical (unpaired) electrons. The lowest BCUT2D eigenvalue weighted by atomic mass is 9.80. The first-order chi connectivity index (χ1) is 38.5. The van der Waals surface area contributed by atoms with Crippen molar-refractivity contribution >= 4 is 98.1 Å². The number of rotatable bonds is 9. The van der Waals surface area contributed by atoms with Crippen molar-refractivity contribution in [3.05, 3.63) is 254 Å². The van der Waals surface area contributed by atoms with Gasteiger partial charge in [0.05, 0.1) is 25.3 Å². The van der Waals surface area contributed by atoms with E-state index in [4.69, 9.17) is 18.9 Å². The Morgan fingerprint density at radius 2 is 0.641 bits per heavy atom. The monoisotopic (exact) mass is 1010 g/mol. The Labute approximate surface area is 448 Å². The molecule has 370 valence electrons. The molecule has 0 unspecified atom stereocenters. The molecule has 0 N–H and O–H groups in total. The van der Waals surface area contributed by atoms with Gasteiger partial charge in [-0.2, -0.15) is 0 Å². The second-order valence-electron chi connectivity index (χ2n) is 19.5. The van der Waals surface area contributed by atoms with Gasteiger partial charge in [0.15, 0.2) is 0 Å². The van der Waals surface area contributed by atoms with Gasteiger partial charge < -0.3 is 18.9 Å². The first kappa shape index (κ1) is 46.2. The van der Waals surface area contributed by atoms with E-state index in [0.29, 0.717) is 44.9 Å². The molecule has 0 amide bonds. The molecule has 0 saturated heterocycles. The number of hydrogen-bond acceptors (Lipinski definition) is 6. The Kier molecular flexibility index (Phi) is 11.2. The van der Waals surface area contributed by atoms with Crippen LogP contribution in [-0.4, -0.2) is 26.2 Å². The van der Waals surface area contributed by atoms with Crippen molar-refractivity contribution in [1.29, 1.82) is 0 Å². The van der Waals surface area contributed by atoms with Gasteiger partial charge >= 0.3 is 11.9 Å². The first-order valence-electron chi connectivity index (χ1n) is 26.0. The van der Waals surface area contributed by atoms with Gasteiger partial charge in [-0.3, -0.25) is 0 Å². The molecule has 0 atom stereocenters. The molecular formula is C72H46O6. The number of carbonyl (C=O) groups is 2. The van der Waals surface area contributed by atoms with Crippen LogP contribution in [0.25, 0.3) is 120 Å². The van der Waals surface area contributed by atoms with E-state index in [1.54, 1.807) is 12.1 Å². The summed E-state index contributed by atoms with van der Waals surface area (Å²) in [6.07, 6.45) is 0. The van der Waals surface area contributed by atoms with Crippen LogP contribution in [0.2, 0.25) is 0 Å². The molecule has 0 saturated carbocycles. The zero-order valence-electron chi connectivity index (χ0n) is 42.5. The van der Waals surface area contributed by atoms with Gasteiger partial charge in [0, 0.05) is 33.0 Å². The van der Waals surface area contributed by atoms with Crippen LogP contribution in [-0.2, 0) is 9.47 Å². The Morgan fingerprint density at radius 1 is 0.269 bits per heavy atom. The third kappa shape index (κ3) is 7.41. The zero-order valence-corrected chi connectivity index (χ0v) is 42.5. The minimum absolute atomic E-state index is 0.429. The van der Waals surface area contributed by atoms with Crippen molar-refractivity contribution in [3.8, 4) is 56.4 Å². The maximum atomic E-state index is 13.5. The lowest BCUT2D eigenvalue weighted by Crippen LogP contribution is -2.04. The summed E-state index contributed by atoms with van der Waals surface area (Å²) in [5.74, 6) is 1.39. The highest BCUT2D eigenvalue weighted by atomic mass is 16.5. The predicted octanol–water partition coefficient (Wildman–Crippen LogP) is 19.1. The molecule has 0 aliphatic heterocycles. The van der Waals surface area contributed by atoms with Gasteiger partial charge in [0.25, 0.3) is 0 Å². The van der Waals surface area contributed by atoms with E-state index in [1.807, 2.05) is 66.7 Å². The molecule has 6 heteroatoms. The van der Waals surface area contributed by atoms with E-state index in [2.05, 4.69) is 164 Å². The molecule has 6 nitrogen and oxygen atoms in total. The molecule has 0 bridgehead atoms. The van der Waals surface area contributed by atoms with Crippen LogP contribution in [0.4, 0.5) is 0 Å². The molecule has 0 spiro atoms. The van der Waals surface area contributed by atoms with Crippen molar-refractivity contribution in [3.63, 3.8) is 0 Å². The summed E-state index contributed by atoms with van der Waals surface area (Å²) < 4.78 is 25.9. The van der Waals surface area contributed by atoms with Crippen LogP contribution in [0.1, 0.15) is 20.7 Å². The van der Waals surface area contributed by atoms with Crippen LogP contribution < -0.4 is 9.47 Å². The van der Waals surface area contributed by atoms with Crippen LogP contribution >= 0.6 is 0 Å². The Balaban J connectivity index is 1.20. The Hall–Kier alpha value is -10.3. The summed E-state index contributed by atoms with van der Waals surface area (Å²) in [6.45, 7) is 0. The quantitative estimate of drug-likeness (QED) is 0.106. The van der Waals surface area contributed by atoms with Gasteiger partial charge in [-0.15, -0.1) is 0 Å². The summed E-state index contributed by atoms with van der Waals surface area (Å²) in [6, 6.07) is 83.2. The average molecular weight is 1010 g/mol. The Morgan fingerprint density at radius 3 is 1.15 bits per heavy atom. The topological polar surface area (TPSA) is 71.1 Å². The van der Waals surface area contributed by atoms with Crippen LogP contribution in [0.5, 0.6) is 23.0 Å². The third-order valence-electron chi connectivity index (χ3n) is 15.4. The summed E-state index contributed by atoms with van der Waals surface area (Å²) in [4.78, 5) is 26.7. The van der Waals surface area contributed by atoms with E-state index >= 15 is 0 Å². The summed E-state index contributed by atoms with van der Waals surface area (Å²) in [7, 11) is 2.80. The molecule has 0 fully saturated rings. The van der Waals surface area contributed by atoms with Crippen molar-refractivity contribution < 1.29 is 28.5 Å². The highest BCUT2D eigenvalue weighted by Gasteiger charge is 2.31. The normalized spacial score (nSPS) is 11.6. The van der Waals surface area contributed by atoms with Gasteiger partial charge in [-0.05, 0) is 129 Å². The van der Waals surface area contributed by atoms with Gasteiger partial charge in [-0.25, -0.2) is 9.59 Å². The number of hydrogen-bond donors (Lipinski definition) is 0. The maximum absolute atomic E-state index is 13.5. The molecule has 0 heterocycles. The van der Waals surface area contributed by atoms with E-state index in [9.17, 15) is 9.59 Å². The van der Waals surface area contributed by atoms with E-state index in [-0.39, 0.29) is 0 Å². The fraction of sp³-hybridized carbons (Fsp3) is 0.0278. The summed E-state index contributed by atoms with van der Waals surface area (Å²) in [5, 5.41) is 15.6. The summed E-state index contributed by atoms with van der Waals surface area (Å²) in [5.41, 5.74) is 6.36. The lowest BCUT2D eigenvalue weighted by Gasteiger charge is -2.27. The maximum Gasteiger partial charge on any atom is 0.338 e. The average Bonchev–Trinajstić information content (AvgIpc) is 3.69. The molecule has 0 aliphatic rings. The van der Waals surface area contributed by atoms with E-state index in [1.165, 1.54) is 14.2 Å². The first-order valence-corrected chi connectivity index (χ1v) is 26.0. The second-order valence-corrected chi connectivity index (χ2v) is 19.5. The molecule has 0 aromatic heterocycles. The smallest absolute Gasteiger partial charge is 0.338 e. The lowest BCUT2D eigenvalue weighted by molar-refractivity contribution is 0.0594. The summed E-state index contributed by atoms with van der Waals surface area (Å²) >= 11 is 0. The largest absolute Gasteiger partial charge is 0.465 e. The highest BCUT2D eigenvalue weighted by molar-refractivity contribution is 6.26. The number of ether oxygens (including phenoxy) is 4. The van der Waals surface area contributed by atoms with Gasteiger partial charge in [-0.1, -0.05) is 200 Å². The van der Waals surface area contributed by atoms with Gasteiger partial charge in [0.1, 0.15) is 23.0 Å². The molecular weight excluding hydrogens is 961 g/mol. The van der Waals surface area contributed by atoms with Gasteiger partial charge in [0.2, 0.25) is 0 Å². The fourth-order valence-electron chi connectivity index (χ4n) is 11.9. The van der Waals surface area contributed by atoms with Crippen LogP contribution in [0.3, 0.4) is 0 Å². The number of methoxy groups -OCH3 is 2. The predicted molar refractivity (Wildman–Crippen MR) is 319 cm³/mol. The molecule has 14 aromatic carbocycles. The van der Waals surface area contributed by atoms with E-state index < -0.39 is 11.9 Å². The standard InChI is InChI=1S/C72H46O6/c1-75-71(73)59-36-39-63(55-31-15-13-29-53(55)59)77-65-38-35-43-19-3-8-24-48(43)67(65)68-58-34-18-17-33-57(58)66(61-41-44-20-4-6-22-46(44)49-25-9-11-27-51(49)61)69(62-42-45-21-5-7-23-47(45)50-26-10-12-28-52(50)62)70(68)78-64-40-37-60(72(74)76-2)54-30-14-16-32-56(54)64/h3-42H,1-2H3. The Bertz CT molecular complexity index is 4820. The van der Waals surface area contributed by atoms with Crippen LogP contribution in [0.15, 0.2) is 243 Å². The van der Waals surface area contributed by atoms with Crippen molar-refractivity contribution in [2.45, 2.75) is 0 Å². The van der Waals surface area contributed by atoms with Crippen molar-refractivity contribution in [2.24, 2.45) is 0 Å². The molecule has 78 heavy (non-hydrogen) atoms. The second kappa shape index (κ2) is 18.8. The SMILES string of the molecule is COC(=O)c1ccc(Oc2ccc3ccccc3c2-c2c(Oc3ccc(C(=O)OC)c4ccccc34)c(-c3cc4ccccc4c4ccccc34)c(-c3cc4ccccc4c4ccccc34)c3ccccc23)c2ccccc12. The minimum Gasteiger partial charge on any atom is -0.465 e. The zero-order chi connectivity index (χ0) is 52.4. The number of fused-ring (bicyclic) bond motifs is 10. The minimum atomic E-state index is -0.442.